The minimum Gasteiger partial charge on any atom is -0.497 e. The van der Waals surface area contributed by atoms with Crippen molar-refractivity contribution in [3.05, 3.63) is 65.7 Å². The van der Waals surface area contributed by atoms with Gasteiger partial charge in [-0.15, -0.1) is 0 Å². The summed E-state index contributed by atoms with van der Waals surface area (Å²) in [6.07, 6.45) is 2.72. The van der Waals surface area contributed by atoms with Crippen LogP contribution in [0.25, 0.3) is 11.6 Å². The quantitative estimate of drug-likeness (QED) is 0.463. The predicted molar refractivity (Wildman–Crippen MR) is 73.4 cm³/mol. The summed E-state index contributed by atoms with van der Waals surface area (Å²) in [4.78, 5) is 11.2. The van der Waals surface area contributed by atoms with Crippen molar-refractivity contribution in [2.24, 2.45) is 0 Å². The Morgan fingerprint density at radius 3 is 2.50 bits per heavy atom. The number of carbonyl (C=O) groups is 1. The molecular formula is C16H14O2. The van der Waals surface area contributed by atoms with Gasteiger partial charge < -0.3 is 4.74 Å². The highest BCUT2D eigenvalue weighted by Gasteiger charge is 2.00. The molecule has 2 rings (SSSR count). The van der Waals surface area contributed by atoms with Gasteiger partial charge in [0.1, 0.15) is 5.75 Å². The Bertz CT molecular complexity index is 556. The average Bonchev–Trinajstić information content (AvgIpc) is 2.46. The maximum atomic E-state index is 11.2. The Morgan fingerprint density at radius 2 is 1.83 bits per heavy atom. The number of hydrogen-bond donors (Lipinski definition) is 0. The van der Waals surface area contributed by atoms with E-state index >= 15 is 0 Å². The molecule has 0 N–H and O–H groups in total. The van der Waals surface area contributed by atoms with Gasteiger partial charge in [0.15, 0.2) is 6.29 Å². The largest absolute Gasteiger partial charge is 0.497 e. The van der Waals surface area contributed by atoms with Crippen LogP contribution in [-0.4, -0.2) is 13.4 Å². The standard InChI is InChI=1S/C16H14O2/c1-18-16-9-5-6-13(11-16)10-15(12-17)14-7-3-2-4-8-14/h2-12H,1H3/b15-10-. The molecule has 0 aromatic heterocycles. The van der Waals surface area contributed by atoms with Gasteiger partial charge in [-0.3, -0.25) is 4.79 Å². The van der Waals surface area contributed by atoms with E-state index in [-0.39, 0.29) is 0 Å². The highest BCUT2D eigenvalue weighted by Crippen LogP contribution is 2.19. The lowest BCUT2D eigenvalue weighted by atomic mass is 10.0. The summed E-state index contributed by atoms with van der Waals surface area (Å²) in [5.41, 5.74) is 2.51. The first-order valence-corrected chi connectivity index (χ1v) is 5.70. The Kier molecular flexibility index (Phi) is 3.92. The van der Waals surface area contributed by atoms with Crippen molar-refractivity contribution < 1.29 is 9.53 Å². The summed E-state index contributed by atoms with van der Waals surface area (Å²) in [6.45, 7) is 0. The zero-order chi connectivity index (χ0) is 12.8. The van der Waals surface area contributed by atoms with Crippen LogP contribution >= 0.6 is 0 Å². The normalized spacial score (nSPS) is 11.1. The van der Waals surface area contributed by atoms with Gasteiger partial charge in [0.2, 0.25) is 0 Å². The monoisotopic (exact) mass is 238 g/mol. The summed E-state index contributed by atoms with van der Waals surface area (Å²) in [7, 11) is 1.63. The van der Waals surface area contributed by atoms with Gasteiger partial charge in [-0.25, -0.2) is 0 Å². The van der Waals surface area contributed by atoms with E-state index in [2.05, 4.69) is 0 Å². The lowest BCUT2D eigenvalue weighted by Crippen LogP contribution is -1.87. The van der Waals surface area contributed by atoms with Gasteiger partial charge in [0, 0.05) is 5.57 Å². The third-order valence-electron chi connectivity index (χ3n) is 2.65. The van der Waals surface area contributed by atoms with E-state index in [9.17, 15) is 4.79 Å². The van der Waals surface area contributed by atoms with Crippen LogP contribution in [0, 0.1) is 0 Å². The van der Waals surface area contributed by atoms with Gasteiger partial charge >= 0.3 is 0 Å². The third-order valence-corrected chi connectivity index (χ3v) is 2.65. The molecule has 0 aliphatic heterocycles. The smallest absolute Gasteiger partial charge is 0.150 e. The highest BCUT2D eigenvalue weighted by molar-refractivity contribution is 6.13. The van der Waals surface area contributed by atoms with Crippen molar-refractivity contribution in [3.63, 3.8) is 0 Å². The van der Waals surface area contributed by atoms with Gasteiger partial charge in [-0.05, 0) is 29.3 Å². The van der Waals surface area contributed by atoms with Crippen LogP contribution in [0.5, 0.6) is 5.75 Å². The van der Waals surface area contributed by atoms with Crippen molar-refractivity contribution >= 4 is 17.9 Å². The summed E-state index contributed by atoms with van der Waals surface area (Å²) in [6, 6.07) is 17.2. The first-order chi connectivity index (χ1) is 8.83. The molecule has 0 heterocycles. The number of hydrogen-bond acceptors (Lipinski definition) is 2. The number of benzene rings is 2. The fourth-order valence-corrected chi connectivity index (χ4v) is 1.73. The van der Waals surface area contributed by atoms with Crippen molar-refractivity contribution in [3.8, 4) is 5.75 Å². The zero-order valence-electron chi connectivity index (χ0n) is 10.2. The van der Waals surface area contributed by atoms with Crippen molar-refractivity contribution in [2.75, 3.05) is 7.11 Å². The van der Waals surface area contributed by atoms with Gasteiger partial charge in [-0.2, -0.15) is 0 Å². The summed E-state index contributed by atoms with van der Waals surface area (Å²) >= 11 is 0. The van der Waals surface area contributed by atoms with Crippen LogP contribution in [0.3, 0.4) is 0 Å². The maximum absolute atomic E-state index is 11.2. The molecule has 2 aromatic rings. The zero-order valence-corrected chi connectivity index (χ0v) is 10.2. The first kappa shape index (κ1) is 12.1. The number of rotatable bonds is 4. The molecule has 0 radical (unpaired) electrons. The van der Waals surface area contributed by atoms with Crippen LogP contribution in [0.15, 0.2) is 54.6 Å². The Labute approximate surface area is 107 Å². The third kappa shape index (κ3) is 2.86. The molecule has 2 heteroatoms. The average molecular weight is 238 g/mol. The van der Waals surface area contributed by atoms with Gasteiger partial charge in [0.25, 0.3) is 0 Å². The molecule has 90 valence electrons. The molecule has 0 bridgehead atoms. The second kappa shape index (κ2) is 5.82. The van der Waals surface area contributed by atoms with Gasteiger partial charge in [-0.1, -0.05) is 42.5 Å². The number of ether oxygens (including phenoxy) is 1. The van der Waals surface area contributed by atoms with E-state index in [0.717, 1.165) is 23.2 Å². The van der Waals surface area contributed by atoms with Crippen LogP contribution in [0.4, 0.5) is 0 Å². The molecule has 0 fully saturated rings. The maximum Gasteiger partial charge on any atom is 0.150 e. The van der Waals surface area contributed by atoms with E-state index in [1.165, 1.54) is 0 Å². The number of methoxy groups -OCH3 is 1. The van der Waals surface area contributed by atoms with E-state index in [0.29, 0.717) is 5.57 Å². The molecule has 2 nitrogen and oxygen atoms in total. The lowest BCUT2D eigenvalue weighted by molar-refractivity contribution is -0.103. The first-order valence-electron chi connectivity index (χ1n) is 5.70. The van der Waals surface area contributed by atoms with E-state index < -0.39 is 0 Å². The minimum atomic E-state index is 0.656. The Balaban J connectivity index is 2.38. The molecule has 0 unspecified atom stereocenters. The molecule has 0 saturated carbocycles. The molecule has 0 spiro atoms. The van der Waals surface area contributed by atoms with Crippen molar-refractivity contribution in [1.29, 1.82) is 0 Å². The number of carbonyl (C=O) groups excluding carboxylic acids is 1. The molecule has 0 amide bonds. The Hall–Kier alpha value is -2.35. The van der Waals surface area contributed by atoms with Crippen molar-refractivity contribution in [1.82, 2.24) is 0 Å². The number of allylic oxidation sites excluding steroid dienone is 1. The molecule has 0 aliphatic carbocycles. The summed E-state index contributed by atoms with van der Waals surface area (Å²) in [5.74, 6) is 0.780. The van der Waals surface area contributed by atoms with E-state index in [1.807, 2.05) is 60.7 Å². The van der Waals surface area contributed by atoms with Crippen LogP contribution in [0.2, 0.25) is 0 Å². The van der Waals surface area contributed by atoms with Crippen LogP contribution in [-0.2, 0) is 4.79 Å². The second-order valence-electron chi connectivity index (χ2n) is 3.86. The molecule has 18 heavy (non-hydrogen) atoms. The SMILES string of the molecule is COc1cccc(/C=C(/C=O)c2ccccc2)c1. The Morgan fingerprint density at radius 1 is 1.06 bits per heavy atom. The van der Waals surface area contributed by atoms with Crippen LogP contribution in [0.1, 0.15) is 11.1 Å². The topological polar surface area (TPSA) is 26.3 Å². The molecule has 0 saturated heterocycles. The number of aldehydes is 1. The summed E-state index contributed by atoms with van der Waals surface area (Å²) < 4.78 is 5.16. The second-order valence-corrected chi connectivity index (χ2v) is 3.86. The fourth-order valence-electron chi connectivity index (χ4n) is 1.73. The van der Waals surface area contributed by atoms with Crippen molar-refractivity contribution in [2.45, 2.75) is 0 Å². The highest BCUT2D eigenvalue weighted by atomic mass is 16.5. The fraction of sp³-hybridized carbons (Fsp3) is 0.0625. The molecule has 0 atom stereocenters. The molecule has 2 aromatic carbocycles. The minimum absolute atomic E-state index is 0.656. The molecule has 0 aliphatic rings. The lowest BCUT2D eigenvalue weighted by Gasteiger charge is -2.03. The predicted octanol–water partition coefficient (Wildman–Crippen LogP) is 3.43. The molecular weight excluding hydrogens is 224 g/mol. The van der Waals surface area contributed by atoms with Crippen LogP contribution < -0.4 is 4.74 Å². The van der Waals surface area contributed by atoms with Gasteiger partial charge in [0.05, 0.1) is 7.11 Å². The van der Waals surface area contributed by atoms with E-state index in [4.69, 9.17) is 4.74 Å². The van der Waals surface area contributed by atoms with E-state index in [1.54, 1.807) is 7.11 Å². The summed E-state index contributed by atoms with van der Waals surface area (Å²) in [5, 5.41) is 0.